The minimum atomic E-state index is 0.143. The van der Waals surface area contributed by atoms with Gasteiger partial charge in [-0.25, -0.2) is 4.98 Å². The summed E-state index contributed by atoms with van der Waals surface area (Å²) in [5.41, 5.74) is 8.47. The maximum Gasteiger partial charge on any atom is 0.231 e. The quantitative estimate of drug-likeness (QED) is 0.293. The van der Waals surface area contributed by atoms with E-state index in [1.165, 1.54) is 11.1 Å². The topological polar surface area (TPSA) is 59.2 Å². The molecule has 6 aromatic rings. The fourth-order valence-electron chi connectivity index (χ4n) is 4.37. The van der Waals surface area contributed by atoms with Crippen LogP contribution in [0, 0.1) is 0 Å². The molecule has 2 heterocycles. The maximum absolute atomic E-state index is 10.2. The van der Waals surface area contributed by atoms with Crippen LogP contribution in [0.4, 0.5) is 0 Å². The first-order valence-electron chi connectivity index (χ1n) is 11.5. The molecule has 0 aliphatic carbocycles. The molecule has 0 bridgehead atoms. The lowest BCUT2D eigenvalue weighted by Crippen LogP contribution is -1.91. The molecule has 0 saturated carbocycles. The third-order valence-corrected chi connectivity index (χ3v) is 6.10. The van der Waals surface area contributed by atoms with E-state index < -0.39 is 0 Å². The van der Waals surface area contributed by atoms with Gasteiger partial charge in [0.2, 0.25) is 5.89 Å². The number of phenols is 1. The van der Waals surface area contributed by atoms with E-state index >= 15 is 0 Å². The van der Waals surface area contributed by atoms with Crippen LogP contribution in [-0.2, 0) is 6.42 Å². The van der Waals surface area contributed by atoms with Crippen LogP contribution in [-0.4, -0.2) is 15.1 Å². The lowest BCUT2D eigenvalue weighted by molar-refractivity contribution is 0.474. The van der Waals surface area contributed by atoms with Crippen molar-refractivity contribution in [3.05, 3.63) is 127 Å². The minimum absolute atomic E-state index is 0.143. The van der Waals surface area contributed by atoms with Crippen molar-refractivity contribution in [2.75, 3.05) is 0 Å². The molecular weight excluding hydrogens is 432 g/mol. The first-order valence-corrected chi connectivity index (χ1v) is 11.5. The largest absolute Gasteiger partial charge is 0.507 e. The number of rotatable bonds is 5. The molecule has 0 radical (unpaired) electrons. The highest BCUT2D eigenvalue weighted by atomic mass is 16.3. The number of aromatic nitrogens is 2. The van der Waals surface area contributed by atoms with Gasteiger partial charge in [0.25, 0.3) is 0 Å². The molecule has 4 aromatic carbocycles. The van der Waals surface area contributed by atoms with Gasteiger partial charge >= 0.3 is 0 Å². The summed E-state index contributed by atoms with van der Waals surface area (Å²) in [5, 5.41) is 10.2. The van der Waals surface area contributed by atoms with Crippen molar-refractivity contribution in [3.8, 4) is 39.6 Å². The van der Waals surface area contributed by atoms with Gasteiger partial charge in [-0.1, -0.05) is 72.8 Å². The summed E-state index contributed by atoms with van der Waals surface area (Å²) in [6, 6.07) is 36.0. The fraction of sp³-hybridized carbons (Fsp3) is 0.0323. The molecule has 35 heavy (non-hydrogen) atoms. The third-order valence-electron chi connectivity index (χ3n) is 6.10. The molecule has 4 nitrogen and oxygen atoms in total. The zero-order valence-electron chi connectivity index (χ0n) is 18.9. The molecule has 0 aliphatic heterocycles. The number of para-hydroxylation sites is 2. The number of hydrogen-bond donors (Lipinski definition) is 1. The highest BCUT2D eigenvalue weighted by Gasteiger charge is 2.15. The van der Waals surface area contributed by atoms with Gasteiger partial charge in [0.1, 0.15) is 11.3 Å². The normalized spacial score (nSPS) is 11.1. The average Bonchev–Trinajstić information content (AvgIpc) is 3.34. The van der Waals surface area contributed by atoms with Gasteiger partial charge in [-0.15, -0.1) is 0 Å². The summed E-state index contributed by atoms with van der Waals surface area (Å²) < 4.78 is 6.00. The van der Waals surface area contributed by atoms with Crippen molar-refractivity contribution >= 4 is 11.1 Å². The van der Waals surface area contributed by atoms with Crippen LogP contribution in [0.2, 0.25) is 0 Å². The van der Waals surface area contributed by atoms with Gasteiger partial charge in [0, 0.05) is 17.3 Å². The van der Waals surface area contributed by atoms with Crippen LogP contribution >= 0.6 is 0 Å². The Morgan fingerprint density at radius 2 is 1.43 bits per heavy atom. The number of benzene rings is 4. The van der Waals surface area contributed by atoms with Gasteiger partial charge in [0.15, 0.2) is 5.58 Å². The van der Waals surface area contributed by atoms with E-state index in [4.69, 9.17) is 9.40 Å². The van der Waals surface area contributed by atoms with E-state index in [1.807, 2.05) is 42.6 Å². The maximum atomic E-state index is 10.2. The van der Waals surface area contributed by atoms with Crippen molar-refractivity contribution in [2.24, 2.45) is 0 Å². The monoisotopic (exact) mass is 454 g/mol. The lowest BCUT2D eigenvalue weighted by atomic mass is 9.99. The first-order chi connectivity index (χ1) is 17.2. The second-order valence-electron chi connectivity index (χ2n) is 8.48. The number of oxazole rings is 1. The summed E-state index contributed by atoms with van der Waals surface area (Å²) in [7, 11) is 0. The molecule has 6 rings (SSSR count). The smallest absolute Gasteiger partial charge is 0.231 e. The van der Waals surface area contributed by atoms with Gasteiger partial charge in [-0.3, -0.25) is 4.98 Å². The fourth-order valence-corrected chi connectivity index (χ4v) is 4.37. The summed E-state index contributed by atoms with van der Waals surface area (Å²) in [6.45, 7) is 0. The standard InChI is InChI=1S/C31H22N2O2/c34-28-14-5-4-12-26(28)31-33-30-25(13-7-15-29(30)35-31)23-10-6-11-24(20-23)27-19-22(16-17-32-27)18-21-8-2-1-3-9-21/h1-17,19-20,34H,18H2. The van der Waals surface area contributed by atoms with Gasteiger partial charge in [0.05, 0.1) is 11.3 Å². The van der Waals surface area contributed by atoms with Crippen molar-refractivity contribution in [1.29, 1.82) is 0 Å². The van der Waals surface area contributed by atoms with Crippen LogP contribution in [0.5, 0.6) is 5.75 Å². The second kappa shape index (κ2) is 8.92. The number of phenolic OH excluding ortho intramolecular Hbond substituents is 1. The molecule has 1 N–H and O–H groups in total. The SMILES string of the molecule is Oc1ccccc1-c1nc2c(-c3cccc(-c4cc(Cc5ccccc5)ccn4)c3)cccc2o1. The van der Waals surface area contributed by atoms with E-state index in [0.29, 0.717) is 17.0 Å². The Bertz CT molecular complexity index is 1640. The highest BCUT2D eigenvalue weighted by molar-refractivity contribution is 5.93. The zero-order chi connectivity index (χ0) is 23.6. The Hall–Kier alpha value is -4.70. The molecule has 0 fully saturated rings. The molecule has 0 aliphatic rings. The van der Waals surface area contributed by atoms with E-state index in [1.54, 1.807) is 18.2 Å². The number of pyridine rings is 1. The molecule has 2 aromatic heterocycles. The Kier molecular flexibility index (Phi) is 5.32. The van der Waals surface area contributed by atoms with Gasteiger partial charge in [-0.2, -0.15) is 0 Å². The van der Waals surface area contributed by atoms with Crippen LogP contribution in [0.25, 0.3) is 44.9 Å². The molecule has 168 valence electrons. The summed E-state index contributed by atoms with van der Waals surface area (Å²) in [4.78, 5) is 9.38. The Morgan fingerprint density at radius 1 is 0.657 bits per heavy atom. The predicted molar refractivity (Wildman–Crippen MR) is 139 cm³/mol. The van der Waals surface area contributed by atoms with E-state index in [9.17, 15) is 5.11 Å². The minimum Gasteiger partial charge on any atom is -0.507 e. The first kappa shape index (κ1) is 20.9. The highest BCUT2D eigenvalue weighted by Crippen LogP contribution is 2.35. The molecular formula is C31H22N2O2. The Labute approximate surface area is 203 Å². The molecule has 0 unspecified atom stereocenters. The van der Waals surface area contributed by atoms with Gasteiger partial charge < -0.3 is 9.52 Å². The summed E-state index contributed by atoms with van der Waals surface area (Å²) in [5.74, 6) is 0.543. The van der Waals surface area contributed by atoms with Crippen molar-refractivity contribution in [3.63, 3.8) is 0 Å². The number of nitrogens with zero attached hydrogens (tertiary/aromatic N) is 2. The number of hydrogen-bond acceptors (Lipinski definition) is 4. The Balaban J connectivity index is 1.38. The van der Waals surface area contributed by atoms with Crippen LogP contribution < -0.4 is 0 Å². The molecule has 0 atom stereocenters. The summed E-state index contributed by atoms with van der Waals surface area (Å²) >= 11 is 0. The molecule has 0 saturated heterocycles. The third kappa shape index (κ3) is 4.18. The summed E-state index contributed by atoms with van der Waals surface area (Å²) in [6.07, 6.45) is 2.74. The predicted octanol–water partition coefficient (Wildman–Crippen LogP) is 7.52. The van der Waals surface area contributed by atoms with E-state index in [2.05, 4.69) is 59.6 Å². The van der Waals surface area contributed by atoms with Crippen molar-refractivity contribution in [2.45, 2.75) is 6.42 Å². The number of fused-ring (bicyclic) bond motifs is 1. The number of aromatic hydroxyl groups is 1. The second-order valence-corrected chi connectivity index (χ2v) is 8.48. The van der Waals surface area contributed by atoms with E-state index in [0.717, 1.165) is 34.3 Å². The molecule has 4 heteroatoms. The molecule has 0 spiro atoms. The van der Waals surface area contributed by atoms with Crippen molar-refractivity contribution < 1.29 is 9.52 Å². The van der Waals surface area contributed by atoms with Crippen molar-refractivity contribution in [1.82, 2.24) is 9.97 Å². The van der Waals surface area contributed by atoms with Gasteiger partial charge in [-0.05, 0) is 59.5 Å². The van der Waals surface area contributed by atoms with Crippen LogP contribution in [0.1, 0.15) is 11.1 Å². The zero-order valence-corrected chi connectivity index (χ0v) is 18.9. The Morgan fingerprint density at radius 3 is 2.31 bits per heavy atom. The lowest BCUT2D eigenvalue weighted by Gasteiger charge is -2.08. The average molecular weight is 455 g/mol. The molecule has 0 amide bonds. The van der Waals surface area contributed by atoms with Crippen LogP contribution in [0.3, 0.4) is 0 Å². The van der Waals surface area contributed by atoms with E-state index in [-0.39, 0.29) is 5.75 Å². The van der Waals surface area contributed by atoms with Crippen LogP contribution in [0.15, 0.2) is 120 Å².